The highest BCUT2D eigenvalue weighted by Gasteiger charge is 1.82. The molecule has 1 aromatic heterocycles. The molecular weight excluding hydrogens is 100 g/mol. The van der Waals surface area contributed by atoms with Crippen LogP contribution >= 0.6 is 0 Å². The van der Waals surface area contributed by atoms with Gasteiger partial charge in [0.2, 0.25) is 0 Å². The summed E-state index contributed by atoms with van der Waals surface area (Å²) in [4.78, 5) is 0. The molecule has 1 heterocycles. The largest absolute Gasteiger partial charge is 0.694 e. The van der Waals surface area contributed by atoms with Gasteiger partial charge in [-0.3, -0.25) is 0 Å². The molecule has 0 bridgehead atoms. The topological polar surface area (TPSA) is 27.7 Å². The first-order chi connectivity index (χ1) is 3.79. The molecule has 0 aromatic carbocycles. The van der Waals surface area contributed by atoms with Crippen molar-refractivity contribution >= 4 is 5.69 Å². The molecule has 0 radical (unpaired) electrons. The minimum Gasteiger partial charge on any atom is -0.694 e. The number of pyridine rings is 1. The van der Waals surface area contributed by atoms with Gasteiger partial charge in [-0.15, -0.1) is 0 Å². The van der Waals surface area contributed by atoms with Crippen LogP contribution in [-0.2, 0) is 7.05 Å². The summed E-state index contributed by atoms with van der Waals surface area (Å²) in [5.41, 5.74) is 7.67. The summed E-state index contributed by atoms with van der Waals surface area (Å²) < 4.78 is 1.85. The second-order valence-electron chi connectivity index (χ2n) is 1.76. The Labute approximate surface area is 48.6 Å². The summed E-state index contributed by atoms with van der Waals surface area (Å²) in [6.45, 7) is 0. The Morgan fingerprint density at radius 2 is 2.38 bits per heavy atom. The SMILES string of the molecule is C[n+]1cccc([NH-])c1. The predicted octanol–water partition coefficient (Wildman–Crippen LogP) is 1.19. The molecule has 1 rings (SSSR count). The lowest BCUT2D eigenvalue weighted by molar-refractivity contribution is -0.670. The number of hydrogen-bond donors (Lipinski definition) is 0. The van der Waals surface area contributed by atoms with Gasteiger partial charge in [-0.25, -0.2) is 4.57 Å². The van der Waals surface area contributed by atoms with Crippen LogP contribution in [0, 0.1) is 0 Å². The van der Waals surface area contributed by atoms with Gasteiger partial charge in [-0.1, -0.05) is 11.8 Å². The van der Waals surface area contributed by atoms with Crippen LogP contribution in [0.25, 0.3) is 5.73 Å². The van der Waals surface area contributed by atoms with Crippen molar-refractivity contribution in [1.82, 2.24) is 0 Å². The Bertz CT molecular complexity index is 166. The zero-order valence-corrected chi connectivity index (χ0v) is 4.76. The van der Waals surface area contributed by atoms with E-state index in [-0.39, 0.29) is 0 Å². The van der Waals surface area contributed by atoms with E-state index in [1.807, 2.05) is 23.9 Å². The Balaban J connectivity index is 3.08. The fraction of sp³-hybridized carbons (Fsp3) is 0.167. The molecule has 0 unspecified atom stereocenters. The third-order valence-corrected chi connectivity index (χ3v) is 0.940. The third-order valence-electron chi connectivity index (χ3n) is 0.940. The van der Waals surface area contributed by atoms with E-state index in [9.17, 15) is 0 Å². The normalized spacial score (nSPS) is 9.12. The van der Waals surface area contributed by atoms with Crippen molar-refractivity contribution in [1.29, 1.82) is 0 Å². The average molecular weight is 108 g/mol. The number of hydrogen-bond acceptors (Lipinski definition) is 0. The molecular formula is C6H8N2. The molecule has 1 N–H and O–H groups in total. The number of nitrogens with zero attached hydrogens (tertiary/aromatic N) is 1. The van der Waals surface area contributed by atoms with Crippen molar-refractivity contribution in [3.05, 3.63) is 30.3 Å². The molecule has 2 heteroatoms. The van der Waals surface area contributed by atoms with Gasteiger partial charge in [0.1, 0.15) is 7.05 Å². The summed E-state index contributed by atoms with van der Waals surface area (Å²) in [6.07, 6.45) is 3.65. The maximum absolute atomic E-state index is 7.12. The molecule has 1 aromatic rings. The Hall–Kier alpha value is -1.05. The van der Waals surface area contributed by atoms with Gasteiger partial charge in [-0.2, -0.15) is 0 Å². The molecule has 0 fully saturated rings. The molecule has 0 aliphatic heterocycles. The second kappa shape index (κ2) is 1.82. The minimum absolute atomic E-state index is 0.551. The average Bonchev–Trinajstić information content (AvgIpc) is 1.64. The van der Waals surface area contributed by atoms with Crippen molar-refractivity contribution in [3.8, 4) is 0 Å². The van der Waals surface area contributed by atoms with Crippen LogP contribution in [0.3, 0.4) is 0 Å². The lowest BCUT2D eigenvalue weighted by Gasteiger charge is -1.94. The number of rotatable bonds is 0. The summed E-state index contributed by atoms with van der Waals surface area (Å²) >= 11 is 0. The van der Waals surface area contributed by atoms with Crippen molar-refractivity contribution in [3.63, 3.8) is 0 Å². The maximum atomic E-state index is 7.12. The van der Waals surface area contributed by atoms with Crippen LogP contribution in [0.1, 0.15) is 0 Å². The second-order valence-corrected chi connectivity index (χ2v) is 1.76. The van der Waals surface area contributed by atoms with Crippen molar-refractivity contribution in [2.24, 2.45) is 7.05 Å². The summed E-state index contributed by atoms with van der Waals surface area (Å²) in [5.74, 6) is 0. The Morgan fingerprint density at radius 3 is 2.75 bits per heavy atom. The zero-order chi connectivity index (χ0) is 5.98. The summed E-state index contributed by atoms with van der Waals surface area (Å²) in [6, 6.07) is 3.60. The van der Waals surface area contributed by atoms with E-state index in [0.29, 0.717) is 5.69 Å². The third kappa shape index (κ3) is 0.964. The molecule has 0 aliphatic rings. The lowest BCUT2D eigenvalue weighted by Crippen LogP contribution is -2.25. The van der Waals surface area contributed by atoms with Crippen molar-refractivity contribution in [2.75, 3.05) is 0 Å². The van der Waals surface area contributed by atoms with Gasteiger partial charge in [0.05, 0.1) is 0 Å². The monoisotopic (exact) mass is 108 g/mol. The minimum atomic E-state index is 0.551. The lowest BCUT2D eigenvalue weighted by atomic mass is 10.4. The summed E-state index contributed by atoms with van der Waals surface area (Å²) in [7, 11) is 1.90. The van der Waals surface area contributed by atoms with Gasteiger partial charge >= 0.3 is 0 Å². The highest BCUT2D eigenvalue weighted by atomic mass is 14.9. The smallest absolute Gasteiger partial charge is 0.168 e. The molecule has 0 amide bonds. The number of aryl methyl sites for hydroxylation is 1. The van der Waals surface area contributed by atoms with Gasteiger partial charge < -0.3 is 5.73 Å². The fourth-order valence-corrected chi connectivity index (χ4v) is 0.588. The van der Waals surface area contributed by atoms with E-state index in [1.165, 1.54) is 0 Å². The highest BCUT2D eigenvalue weighted by molar-refractivity contribution is 5.36. The molecule has 0 spiro atoms. The quantitative estimate of drug-likeness (QED) is 0.446. The Morgan fingerprint density at radius 1 is 1.62 bits per heavy atom. The zero-order valence-electron chi connectivity index (χ0n) is 4.76. The van der Waals surface area contributed by atoms with Gasteiger partial charge in [-0.05, 0) is 0 Å². The van der Waals surface area contributed by atoms with Crippen molar-refractivity contribution < 1.29 is 4.57 Å². The van der Waals surface area contributed by atoms with Crippen LogP contribution in [0.2, 0.25) is 0 Å². The van der Waals surface area contributed by atoms with Crippen molar-refractivity contribution in [2.45, 2.75) is 0 Å². The van der Waals surface area contributed by atoms with Crippen LogP contribution < -0.4 is 4.57 Å². The molecule has 0 saturated carbocycles. The summed E-state index contributed by atoms with van der Waals surface area (Å²) in [5, 5.41) is 0. The van der Waals surface area contributed by atoms with Crippen LogP contribution in [0.15, 0.2) is 24.5 Å². The first-order valence-electron chi connectivity index (χ1n) is 2.46. The van der Waals surface area contributed by atoms with Crippen LogP contribution in [0.4, 0.5) is 5.69 Å². The van der Waals surface area contributed by atoms with E-state index in [4.69, 9.17) is 5.73 Å². The molecule has 0 aliphatic carbocycles. The van der Waals surface area contributed by atoms with Gasteiger partial charge in [0.15, 0.2) is 12.4 Å². The van der Waals surface area contributed by atoms with E-state index in [1.54, 1.807) is 12.3 Å². The van der Waals surface area contributed by atoms with E-state index in [0.717, 1.165) is 0 Å². The molecule has 8 heavy (non-hydrogen) atoms. The standard InChI is InChI=1S/C6H8N2/c1-8-4-2-3-6(7)5-8/h2-5,7H,1H3. The van der Waals surface area contributed by atoms with E-state index < -0.39 is 0 Å². The predicted molar refractivity (Wildman–Crippen MR) is 31.6 cm³/mol. The fourth-order valence-electron chi connectivity index (χ4n) is 0.588. The number of nitrogens with one attached hydrogen (secondary N) is 1. The van der Waals surface area contributed by atoms with E-state index >= 15 is 0 Å². The highest BCUT2D eigenvalue weighted by Crippen LogP contribution is 2.01. The molecule has 42 valence electrons. The molecule has 0 saturated heterocycles. The Kier molecular flexibility index (Phi) is 1.16. The molecule has 2 nitrogen and oxygen atoms in total. The first-order valence-corrected chi connectivity index (χ1v) is 2.46. The van der Waals surface area contributed by atoms with E-state index in [2.05, 4.69) is 0 Å². The first kappa shape index (κ1) is 5.09. The van der Waals surface area contributed by atoms with Crippen LogP contribution in [0.5, 0.6) is 0 Å². The van der Waals surface area contributed by atoms with Crippen LogP contribution in [-0.4, -0.2) is 0 Å². The van der Waals surface area contributed by atoms with Gasteiger partial charge in [0, 0.05) is 6.07 Å². The van der Waals surface area contributed by atoms with Gasteiger partial charge in [0.25, 0.3) is 0 Å². The maximum Gasteiger partial charge on any atom is 0.168 e. The molecule has 0 atom stereocenters. The number of aromatic nitrogens is 1.